The van der Waals surface area contributed by atoms with Crippen LogP contribution in [0.15, 0.2) is 269 Å². The molecule has 0 aliphatic heterocycles. The molecule has 0 aliphatic rings. The molecule has 1 heterocycles. The van der Waals surface area contributed by atoms with E-state index < -0.39 is 29.7 Å². The second kappa shape index (κ2) is 39.1. The molecule has 21 heteroatoms. The van der Waals surface area contributed by atoms with Gasteiger partial charge in [0.25, 0.3) is 0 Å². The van der Waals surface area contributed by atoms with Gasteiger partial charge in [-0.3, -0.25) is 14.4 Å². The van der Waals surface area contributed by atoms with Crippen molar-refractivity contribution in [2.75, 3.05) is 34.5 Å². The zero-order chi connectivity index (χ0) is 70.7. The SMILES string of the molecule is CO/N=C(/c1ccccc1)c1cccc(COc2ccc(C(C#N)CC(=O)O)cc2)c1.CO/N=C(\COc1ccc(COc2ccc(C(C#N)CC(=O)O)cc2)cc1)c1ccccc1.CO/N=C(\COc1ccc(COc2ccc(C(CC(=O)O)c3ccon3)cc2)cc1)c1ccccc1. The van der Waals surface area contributed by atoms with E-state index in [9.17, 15) is 24.8 Å². The molecule has 0 saturated carbocycles. The molecule has 21 nitrogen and oxygen atoms in total. The molecule has 100 heavy (non-hydrogen) atoms. The Morgan fingerprint density at radius 2 is 0.780 bits per heavy atom. The number of ether oxygens (including phenoxy) is 5. The van der Waals surface area contributed by atoms with Crippen molar-refractivity contribution in [3.63, 3.8) is 0 Å². The molecule has 0 saturated heterocycles. The third-order valence-corrected chi connectivity index (χ3v) is 15.0. The molecule has 0 aliphatic carbocycles. The highest BCUT2D eigenvalue weighted by molar-refractivity contribution is 6.12. The van der Waals surface area contributed by atoms with Crippen molar-refractivity contribution in [1.29, 1.82) is 10.5 Å². The summed E-state index contributed by atoms with van der Waals surface area (Å²) in [4.78, 5) is 48.0. The summed E-state index contributed by atoms with van der Waals surface area (Å²) >= 11 is 0. The van der Waals surface area contributed by atoms with Gasteiger partial charge in [0.05, 0.1) is 48.9 Å². The third kappa shape index (κ3) is 23.4. The maximum Gasteiger partial charge on any atom is 0.305 e. The normalized spacial score (nSPS) is 11.9. The van der Waals surface area contributed by atoms with E-state index in [0.29, 0.717) is 76.8 Å². The van der Waals surface area contributed by atoms with E-state index in [-0.39, 0.29) is 38.4 Å². The van der Waals surface area contributed by atoms with Gasteiger partial charge in [-0.05, 0) is 100 Å². The molecule has 0 radical (unpaired) electrons. The summed E-state index contributed by atoms with van der Waals surface area (Å²) in [6.07, 6.45) is 0.907. The molecule has 0 amide bonds. The molecule has 3 atom stereocenters. The predicted molar refractivity (Wildman–Crippen MR) is 374 cm³/mol. The zero-order valence-corrected chi connectivity index (χ0v) is 55.0. The fourth-order valence-corrected chi connectivity index (χ4v) is 9.93. The topological polar surface area (TPSA) is 296 Å². The monoisotopic (exact) mass is 1340 g/mol. The van der Waals surface area contributed by atoms with Crippen LogP contribution >= 0.6 is 0 Å². The average molecular weight is 1350 g/mol. The molecule has 0 fully saturated rings. The van der Waals surface area contributed by atoms with Gasteiger partial charge in [-0.15, -0.1) is 0 Å². The summed E-state index contributed by atoms with van der Waals surface area (Å²) < 4.78 is 34.2. The maximum absolute atomic E-state index is 11.3. The van der Waals surface area contributed by atoms with Crippen molar-refractivity contribution in [3.8, 4) is 40.9 Å². The summed E-state index contributed by atoms with van der Waals surface area (Å²) in [7, 11) is 4.53. The molecule has 3 unspecified atom stereocenters. The number of nitrogens with zero attached hydrogens (tertiary/aromatic N) is 6. The average Bonchev–Trinajstić information content (AvgIpc) is 1.18. The molecule has 10 rings (SSSR count). The highest BCUT2D eigenvalue weighted by Gasteiger charge is 2.22. The summed E-state index contributed by atoms with van der Waals surface area (Å²) in [5.41, 5.74) is 11.5. The summed E-state index contributed by atoms with van der Waals surface area (Å²) in [5, 5.41) is 61.6. The second-order valence-corrected chi connectivity index (χ2v) is 21.9. The molecule has 3 N–H and O–H groups in total. The van der Waals surface area contributed by atoms with Crippen LogP contribution in [0.4, 0.5) is 0 Å². The van der Waals surface area contributed by atoms with Crippen LogP contribution in [0.2, 0.25) is 0 Å². The molecule has 0 spiro atoms. The standard InChI is InChI=1S/C28H26N2O6.C26H24N2O5.C25H22N2O4/c1-33-29-27(22-5-3-2-4-6-22)19-35-23-11-7-20(8-12-23)18-34-24-13-9-21(10-14-24)25(17-28(31)32)26-15-16-36-30-26;1-31-28-25(21-5-3-2-4-6-21)18-33-23-11-7-19(8-12-23)17-32-24-13-9-20(10-14-24)22(16-27)15-26(29)30;1-30-27-25(20-7-3-2-4-8-20)21-9-5-6-18(14-21)17-31-23-12-10-19(11-13-23)22(16-26)15-24(28)29/h2-16,25H,17-19H2,1H3,(H,31,32);2-14,22H,15,17-18H2,1H3,(H,29,30);2-14,22H,15,17H2,1H3,(H,28,29)/b29-27+;28-25+;27-25-. The lowest BCUT2D eigenvalue weighted by atomic mass is 9.92. The van der Waals surface area contributed by atoms with Crippen LogP contribution in [0.25, 0.3) is 0 Å². The van der Waals surface area contributed by atoms with Crippen molar-refractivity contribution in [2.24, 2.45) is 15.5 Å². The van der Waals surface area contributed by atoms with E-state index in [1.807, 2.05) is 200 Å². The third-order valence-electron chi connectivity index (χ3n) is 15.0. The van der Waals surface area contributed by atoms with E-state index in [1.165, 1.54) is 27.6 Å². The van der Waals surface area contributed by atoms with Gasteiger partial charge in [-0.2, -0.15) is 10.5 Å². The fourth-order valence-electron chi connectivity index (χ4n) is 9.93. The van der Waals surface area contributed by atoms with E-state index in [1.54, 1.807) is 54.6 Å². The number of aromatic nitrogens is 1. The van der Waals surface area contributed by atoms with Gasteiger partial charge in [0.1, 0.15) is 107 Å². The Balaban J connectivity index is 0.000000191. The fraction of sp³-hybridized carbons (Fsp3) is 0.177. The molecule has 1 aromatic heterocycles. The van der Waals surface area contributed by atoms with Gasteiger partial charge in [0, 0.05) is 34.2 Å². The lowest BCUT2D eigenvalue weighted by Gasteiger charge is -2.13. The van der Waals surface area contributed by atoms with Crippen LogP contribution in [-0.2, 0) is 48.7 Å². The largest absolute Gasteiger partial charge is 0.489 e. The van der Waals surface area contributed by atoms with Crippen molar-refractivity contribution in [2.45, 2.75) is 56.8 Å². The lowest BCUT2D eigenvalue weighted by molar-refractivity contribution is -0.138. The Labute approximate surface area is 578 Å². The number of hydrogen-bond acceptors (Lipinski definition) is 18. The van der Waals surface area contributed by atoms with Crippen LogP contribution in [0.5, 0.6) is 28.7 Å². The smallest absolute Gasteiger partial charge is 0.305 e. The first-order chi connectivity index (χ1) is 48.8. The van der Waals surface area contributed by atoms with Gasteiger partial charge < -0.3 is 58.0 Å². The first-order valence-electron chi connectivity index (χ1n) is 31.3. The Bertz CT molecular complexity index is 4340. The van der Waals surface area contributed by atoms with Crippen LogP contribution in [0.3, 0.4) is 0 Å². The Morgan fingerprint density at radius 3 is 1.16 bits per heavy atom. The number of aliphatic carboxylic acids is 3. The van der Waals surface area contributed by atoms with Crippen molar-refractivity contribution < 1.29 is 72.4 Å². The number of oxime groups is 3. The number of carbonyl (C=O) groups is 3. The minimum absolute atomic E-state index is 0.0781. The quantitative estimate of drug-likeness (QED) is 0.0261. The van der Waals surface area contributed by atoms with Crippen LogP contribution in [0, 0.1) is 22.7 Å². The highest BCUT2D eigenvalue weighted by atomic mass is 16.6. The van der Waals surface area contributed by atoms with Crippen LogP contribution < -0.4 is 23.7 Å². The van der Waals surface area contributed by atoms with Crippen molar-refractivity contribution >= 4 is 35.0 Å². The van der Waals surface area contributed by atoms with Crippen LogP contribution in [-0.4, -0.2) is 90.1 Å². The van der Waals surface area contributed by atoms with E-state index >= 15 is 0 Å². The van der Waals surface area contributed by atoms with Gasteiger partial charge in [-0.1, -0.05) is 190 Å². The molecule has 508 valence electrons. The predicted octanol–water partition coefficient (Wildman–Crippen LogP) is 14.8. The molecular weight excluding hydrogens is 1270 g/mol. The number of nitriles is 2. The minimum Gasteiger partial charge on any atom is -0.489 e. The Kier molecular flexibility index (Phi) is 28.5. The van der Waals surface area contributed by atoms with E-state index in [0.717, 1.165) is 50.2 Å². The molecule has 0 bridgehead atoms. The number of carboxylic acids is 3. The number of hydrogen-bond donors (Lipinski definition) is 3. The Morgan fingerprint density at radius 1 is 0.410 bits per heavy atom. The number of rotatable bonds is 32. The lowest BCUT2D eigenvalue weighted by Crippen LogP contribution is -2.13. The second-order valence-electron chi connectivity index (χ2n) is 21.9. The van der Waals surface area contributed by atoms with Gasteiger partial charge in [0.2, 0.25) is 0 Å². The number of benzene rings is 9. The minimum atomic E-state index is -1.00. The van der Waals surface area contributed by atoms with Crippen molar-refractivity contribution in [1.82, 2.24) is 5.16 Å². The number of carboxylic acid groups (broad SMARTS) is 3. The first-order valence-corrected chi connectivity index (χ1v) is 31.3. The molecular formula is C79H72N6O15. The summed E-state index contributed by atoms with van der Waals surface area (Å²) in [6.45, 7) is 1.63. The van der Waals surface area contributed by atoms with E-state index in [4.69, 9.17) is 58.2 Å². The highest BCUT2D eigenvalue weighted by Crippen LogP contribution is 2.30. The summed E-state index contributed by atoms with van der Waals surface area (Å²) in [5.74, 6) is -1.31. The Hall–Kier alpha value is -13.0. The summed E-state index contributed by atoms with van der Waals surface area (Å²) in [6, 6.07) is 79.2. The molecule has 10 aromatic rings. The maximum atomic E-state index is 11.3. The molecule has 9 aromatic carbocycles. The van der Waals surface area contributed by atoms with E-state index in [2.05, 4.69) is 20.6 Å². The van der Waals surface area contributed by atoms with Gasteiger partial charge in [-0.25, -0.2) is 0 Å². The zero-order valence-electron chi connectivity index (χ0n) is 55.0. The first kappa shape index (κ1) is 72.8. The van der Waals surface area contributed by atoms with Gasteiger partial charge >= 0.3 is 17.9 Å². The van der Waals surface area contributed by atoms with Gasteiger partial charge in [0.15, 0.2) is 0 Å². The van der Waals surface area contributed by atoms with Crippen molar-refractivity contribution in [3.05, 3.63) is 310 Å². The van der Waals surface area contributed by atoms with Crippen LogP contribution in [0.1, 0.15) is 98.3 Å².